The fourth-order valence-corrected chi connectivity index (χ4v) is 2.80. The van der Waals surface area contributed by atoms with E-state index in [-0.39, 0.29) is 11.9 Å². The van der Waals surface area contributed by atoms with E-state index in [0.717, 1.165) is 12.2 Å². The molecule has 1 amide bonds. The number of aromatic nitrogens is 1. The topological polar surface area (TPSA) is 25.2 Å². The number of carbonyl (C=O) groups is 1. The molecule has 0 saturated heterocycles. The third kappa shape index (κ3) is 4.61. The zero-order valence-electron chi connectivity index (χ0n) is 14.3. The molecule has 23 heavy (non-hydrogen) atoms. The van der Waals surface area contributed by atoms with Gasteiger partial charge in [-0.2, -0.15) is 0 Å². The number of hydrogen-bond donors (Lipinski definition) is 0. The minimum atomic E-state index is -0.502. The van der Waals surface area contributed by atoms with Gasteiger partial charge in [-0.3, -0.25) is 4.79 Å². The molecule has 0 radical (unpaired) electrons. The van der Waals surface area contributed by atoms with E-state index in [9.17, 15) is 4.79 Å². The van der Waals surface area contributed by atoms with Crippen molar-refractivity contribution in [3.05, 3.63) is 59.4 Å². The first kappa shape index (κ1) is 17.6. The van der Waals surface area contributed by atoms with Gasteiger partial charge < -0.3 is 9.47 Å². The molecule has 0 bridgehead atoms. The molecule has 1 aromatic carbocycles. The molecule has 0 spiro atoms. The lowest BCUT2D eigenvalue weighted by Gasteiger charge is -2.28. The second-order valence-corrected chi connectivity index (χ2v) is 6.95. The average molecular weight is 333 g/mol. The average Bonchev–Trinajstić information content (AvgIpc) is 2.90. The predicted octanol–water partition coefficient (Wildman–Crippen LogP) is 4.21. The Morgan fingerprint density at radius 1 is 1.22 bits per heavy atom. The third-order valence-corrected chi connectivity index (χ3v) is 4.12. The fourth-order valence-electron chi connectivity index (χ4n) is 2.67. The molecule has 0 fully saturated rings. The monoisotopic (exact) mass is 332 g/mol. The maximum absolute atomic E-state index is 12.3. The summed E-state index contributed by atoms with van der Waals surface area (Å²) in [7, 11) is 0. The molecule has 1 atom stereocenters. The van der Waals surface area contributed by atoms with Gasteiger partial charge >= 0.3 is 0 Å². The molecule has 2 rings (SSSR count). The van der Waals surface area contributed by atoms with E-state index in [4.69, 9.17) is 11.6 Å². The highest BCUT2D eigenvalue weighted by atomic mass is 35.5. The van der Waals surface area contributed by atoms with E-state index in [1.807, 2.05) is 24.8 Å². The van der Waals surface area contributed by atoms with Crippen LogP contribution in [-0.2, 0) is 17.9 Å². The zero-order chi connectivity index (χ0) is 17.0. The number of hydrogen-bond acceptors (Lipinski definition) is 1. The fraction of sp³-hybridized carbons (Fsp3) is 0.421. The minimum Gasteiger partial charge on any atom is -0.345 e. The summed E-state index contributed by atoms with van der Waals surface area (Å²) in [6.07, 6.45) is 2.06. The maximum atomic E-state index is 12.3. The van der Waals surface area contributed by atoms with Crippen molar-refractivity contribution in [2.45, 2.75) is 52.2 Å². The van der Waals surface area contributed by atoms with E-state index in [1.54, 1.807) is 6.92 Å². The number of aryl methyl sites for hydroxylation is 1. The molecule has 0 aliphatic rings. The molecule has 2 aromatic rings. The molecule has 0 saturated carbocycles. The Morgan fingerprint density at radius 2 is 1.96 bits per heavy atom. The number of amides is 1. The Hall–Kier alpha value is -1.74. The van der Waals surface area contributed by atoms with Crippen LogP contribution in [-0.4, -0.2) is 26.8 Å². The first-order chi connectivity index (χ1) is 10.9. The van der Waals surface area contributed by atoms with Crippen molar-refractivity contribution in [3.63, 3.8) is 0 Å². The summed E-state index contributed by atoms with van der Waals surface area (Å²) < 4.78 is 2.19. The quantitative estimate of drug-likeness (QED) is 0.727. The van der Waals surface area contributed by atoms with Crippen LogP contribution in [0.1, 0.15) is 37.6 Å². The SMILES string of the molecule is Cc1cccc(Cn2cccc2CN(C(=O)[C@H](C)Cl)C(C)C)c1. The largest absolute Gasteiger partial charge is 0.345 e. The van der Waals surface area contributed by atoms with Crippen molar-refractivity contribution in [1.82, 2.24) is 9.47 Å². The molecule has 1 heterocycles. The minimum absolute atomic E-state index is 0.0232. The van der Waals surface area contributed by atoms with Crippen LogP contribution in [0.4, 0.5) is 0 Å². The first-order valence-electron chi connectivity index (χ1n) is 8.02. The summed E-state index contributed by atoms with van der Waals surface area (Å²) in [5.41, 5.74) is 3.63. The molecule has 1 aromatic heterocycles. The van der Waals surface area contributed by atoms with Crippen LogP contribution in [0.5, 0.6) is 0 Å². The Kier molecular flexibility index (Phi) is 5.89. The van der Waals surface area contributed by atoms with Crippen LogP contribution in [0.15, 0.2) is 42.6 Å². The van der Waals surface area contributed by atoms with Gasteiger partial charge in [0, 0.05) is 24.5 Å². The standard InChI is InChI=1S/C19H25ClN2O/c1-14(2)22(19(23)16(4)20)13-18-9-6-10-21(18)12-17-8-5-7-15(3)11-17/h5-11,14,16H,12-13H2,1-4H3/t16-/m0/s1. The number of benzene rings is 1. The van der Waals surface area contributed by atoms with Crippen LogP contribution in [0, 0.1) is 6.92 Å². The Morgan fingerprint density at radius 3 is 2.57 bits per heavy atom. The van der Waals surface area contributed by atoms with Crippen molar-refractivity contribution in [2.24, 2.45) is 0 Å². The predicted molar refractivity (Wildman–Crippen MR) is 95.7 cm³/mol. The summed E-state index contributed by atoms with van der Waals surface area (Å²) in [6, 6.07) is 12.7. The van der Waals surface area contributed by atoms with Gasteiger partial charge in [-0.05, 0) is 45.4 Å². The van der Waals surface area contributed by atoms with Crippen molar-refractivity contribution in [3.8, 4) is 0 Å². The van der Waals surface area contributed by atoms with Gasteiger partial charge in [-0.15, -0.1) is 11.6 Å². The van der Waals surface area contributed by atoms with Crippen LogP contribution < -0.4 is 0 Å². The van der Waals surface area contributed by atoms with Crippen molar-refractivity contribution in [1.29, 1.82) is 0 Å². The highest BCUT2D eigenvalue weighted by molar-refractivity contribution is 6.30. The molecule has 4 heteroatoms. The number of halogens is 1. The first-order valence-corrected chi connectivity index (χ1v) is 8.46. The lowest BCUT2D eigenvalue weighted by atomic mass is 10.1. The lowest BCUT2D eigenvalue weighted by molar-refractivity contribution is -0.132. The summed E-state index contributed by atoms with van der Waals surface area (Å²) in [5.74, 6) is -0.0232. The van der Waals surface area contributed by atoms with E-state index < -0.39 is 5.38 Å². The molecule has 3 nitrogen and oxygen atoms in total. The highest BCUT2D eigenvalue weighted by Crippen LogP contribution is 2.15. The lowest BCUT2D eigenvalue weighted by Crippen LogP contribution is -2.40. The van der Waals surface area contributed by atoms with Gasteiger partial charge in [0.15, 0.2) is 0 Å². The van der Waals surface area contributed by atoms with Crippen molar-refractivity contribution < 1.29 is 4.79 Å². The smallest absolute Gasteiger partial charge is 0.240 e. The summed E-state index contributed by atoms with van der Waals surface area (Å²) in [6.45, 7) is 9.25. The maximum Gasteiger partial charge on any atom is 0.240 e. The van der Waals surface area contributed by atoms with E-state index >= 15 is 0 Å². The van der Waals surface area contributed by atoms with Gasteiger partial charge in [0.25, 0.3) is 0 Å². The molecule has 124 valence electrons. The van der Waals surface area contributed by atoms with E-state index in [2.05, 4.69) is 48.0 Å². The van der Waals surface area contributed by atoms with E-state index in [0.29, 0.717) is 6.54 Å². The number of carbonyl (C=O) groups excluding carboxylic acids is 1. The molecule has 0 N–H and O–H groups in total. The molecule has 0 aliphatic heterocycles. The van der Waals surface area contributed by atoms with Crippen LogP contribution >= 0.6 is 11.6 Å². The number of alkyl halides is 1. The third-order valence-electron chi connectivity index (χ3n) is 3.94. The van der Waals surface area contributed by atoms with Gasteiger partial charge in [0.05, 0.1) is 6.54 Å². The Balaban J connectivity index is 2.18. The molecule has 0 aliphatic carbocycles. The van der Waals surface area contributed by atoms with Crippen LogP contribution in [0.3, 0.4) is 0 Å². The van der Waals surface area contributed by atoms with Crippen molar-refractivity contribution in [2.75, 3.05) is 0 Å². The van der Waals surface area contributed by atoms with Gasteiger partial charge in [-0.1, -0.05) is 29.8 Å². The molecular weight excluding hydrogens is 308 g/mol. The second-order valence-electron chi connectivity index (χ2n) is 6.29. The van der Waals surface area contributed by atoms with Crippen molar-refractivity contribution >= 4 is 17.5 Å². The normalized spacial score (nSPS) is 12.4. The summed E-state index contributed by atoms with van der Waals surface area (Å²) in [4.78, 5) is 14.1. The van der Waals surface area contributed by atoms with Gasteiger partial charge in [-0.25, -0.2) is 0 Å². The molecule has 0 unspecified atom stereocenters. The summed E-state index contributed by atoms with van der Waals surface area (Å²) in [5, 5.41) is -0.502. The Labute approximate surface area is 143 Å². The van der Waals surface area contributed by atoms with Gasteiger partial charge in [0.2, 0.25) is 5.91 Å². The highest BCUT2D eigenvalue weighted by Gasteiger charge is 2.22. The second kappa shape index (κ2) is 7.69. The van der Waals surface area contributed by atoms with Crippen LogP contribution in [0.25, 0.3) is 0 Å². The summed E-state index contributed by atoms with van der Waals surface area (Å²) >= 11 is 6.00. The Bertz CT molecular complexity index is 661. The van der Waals surface area contributed by atoms with E-state index in [1.165, 1.54) is 11.1 Å². The zero-order valence-corrected chi connectivity index (χ0v) is 15.0. The molecular formula is C19H25ClN2O. The number of rotatable bonds is 6. The number of nitrogens with zero attached hydrogens (tertiary/aromatic N) is 2. The van der Waals surface area contributed by atoms with Crippen LogP contribution in [0.2, 0.25) is 0 Å². The van der Waals surface area contributed by atoms with Gasteiger partial charge in [0.1, 0.15) is 5.38 Å².